The van der Waals surface area contributed by atoms with Gasteiger partial charge in [0, 0.05) is 7.05 Å². The Hall–Kier alpha value is -0.620. The first-order chi connectivity index (χ1) is 10.0. The van der Waals surface area contributed by atoms with E-state index in [0.717, 1.165) is 35.2 Å². The van der Waals surface area contributed by atoms with Gasteiger partial charge in [-0.1, -0.05) is 41.4 Å². The first kappa shape index (κ1) is 16.7. The first-order valence-corrected chi connectivity index (χ1v) is 8.30. The van der Waals surface area contributed by atoms with Crippen LogP contribution >= 0.6 is 39.1 Å². The number of aryl methyl sites for hydroxylation is 1. The summed E-state index contributed by atoms with van der Waals surface area (Å²) in [6, 6.07) is 5.83. The molecule has 1 heterocycles. The van der Waals surface area contributed by atoms with Crippen LogP contribution in [0.4, 0.5) is 0 Å². The summed E-state index contributed by atoms with van der Waals surface area (Å²) in [5, 5.41) is 12.8. The van der Waals surface area contributed by atoms with Crippen LogP contribution in [0.25, 0.3) is 0 Å². The lowest BCUT2D eigenvalue weighted by atomic mass is 10.0. The molecule has 0 aliphatic heterocycles. The molecular weight excluding hydrogens is 375 g/mol. The van der Waals surface area contributed by atoms with Crippen molar-refractivity contribution < 1.29 is 0 Å². The number of benzene rings is 1. The Morgan fingerprint density at radius 3 is 2.67 bits per heavy atom. The molecule has 4 nitrogen and oxygen atoms in total. The van der Waals surface area contributed by atoms with E-state index in [0.29, 0.717) is 10.0 Å². The Morgan fingerprint density at radius 1 is 1.33 bits per heavy atom. The molecule has 114 valence electrons. The van der Waals surface area contributed by atoms with Crippen molar-refractivity contribution in [1.82, 2.24) is 20.3 Å². The molecule has 1 unspecified atom stereocenters. The molecule has 0 amide bonds. The van der Waals surface area contributed by atoms with Gasteiger partial charge in [0.1, 0.15) is 0 Å². The van der Waals surface area contributed by atoms with Gasteiger partial charge in [-0.25, -0.2) is 4.68 Å². The van der Waals surface area contributed by atoms with Crippen LogP contribution in [0.5, 0.6) is 0 Å². The maximum atomic E-state index is 6.10. The molecule has 0 radical (unpaired) electrons. The molecule has 1 aromatic carbocycles. The van der Waals surface area contributed by atoms with Gasteiger partial charge in [0.05, 0.1) is 21.8 Å². The number of hydrogen-bond acceptors (Lipinski definition) is 3. The van der Waals surface area contributed by atoms with Gasteiger partial charge < -0.3 is 5.32 Å². The van der Waals surface area contributed by atoms with E-state index in [1.165, 1.54) is 0 Å². The Kier molecular flexibility index (Phi) is 6.05. The van der Waals surface area contributed by atoms with Gasteiger partial charge in [0.25, 0.3) is 0 Å². The van der Waals surface area contributed by atoms with Crippen molar-refractivity contribution in [3.8, 4) is 0 Å². The summed E-state index contributed by atoms with van der Waals surface area (Å²) in [7, 11) is 1.89. The van der Waals surface area contributed by atoms with Gasteiger partial charge in [0.15, 0.2) is 4.60 Å². The Bertz CT molecular complexity index is 596. The van der Waals surface area contributed by atoms with Gasteiger partial charge in [-0.3, -0.25) is 0 Å². The fourth-order valence-electron chi connectivity index (χ4n) is 2.19. The molecule has 0 aliphatic rings. The lowest BCUT2D eigenvalue weighted by Gasteiger charge is -2.19. The van der Waals surface area contributed by atoms with Gasteiger partial charge in [-0.2, -0.15) is 0 Å². The topological polar surface area (TPSA) is 42.7 Å². The van der Waals surface area contributed by atoms with Gasteiger partial charge in [-0.05, 0) is 53.0 Å². The molecule has 1 N–H and O–H groups in total. The average molecular weight is 392 g/mol. The molecular formula is C14H17BrCl2N4. The zero-order valence-corrected chi connectivity index (χ0v) is 15.0. The van der Waals surface area contributed by atoms with Crippen LogP contribution in [0.15, 0.2) is 22.8 Å². The maximum absolute atomic E-state index is 6.10. The largest absolute Gasteiger partial charge is 0.308 e. The number of aromatic nitrogens is 3. The zero-order chi connectivity index (χ0) is 15.4. The molecule has 1 aromatic heterocycles. The highest BCUT2D eigenvalue weighted by molar-refractivity contribution is 9.10. The van der Waals surface area contributed by atoms with Crippen molar-refractivity contribution in [3.63, 3.8) is 0 Å². The third kappa shape index (κ3) is 4.19. The second kappa shape index (κ2) is 7.58. The Balaban J connectivity index is 2.26. The van der Waals surface area contributed by atoms with E-state index >= 15 is 0 Å². The van der Waals surface area contributed by atoms with E-state index in [1.54, 1.807) is 4.68 Å². The minimum Gasteiger partial charge on any atom is -0.308 e. The van der Waals surface area contributed by atoms with Crippen molar-refractivity contribution in [2.24, 2.45) is 7.05 Å². The minimum absolute atomic E-state index is 0.108. The van der Waals surface area contributed by atoms with Crippen molar-refractivity contribution in [1.29, 1.82) is 0 Å². The normalized spacial score (nSPS) is 12.6. The molecule has 0 aliphatic carbocycles. The lowest BCUT2D eigenvalue weighted by molar-refractivity contribution is 0.491. The van der Waals surface area contributed by atoms with E-state index in [-0.39, 0.29) is 6.04 Å². The first-order valence-electron chi connectivity index (χ1n) is 6.75. The van der Waals surface area contributed by atoms with Crippen LogP contribution in [0, 0.1) is 0 Å². The van der Waals surface area contributed by atoms with Crippen molar-refractivity contribution in [3.05, 3.63) is 44.1 Å². The molecule has 0 bridgehead atoms. The van der Waals surface area contributed by atoms with E-state index in [2.05, 4.69) is 38.5 Å². The van der Waals surface area contributed by atoms with E-state index in [9.17, 15) is 0 Å². The molecule has 0 fully saturated rings. The fraction of sp³-hybridized carbons (Fsp3) is 0.429. The third-order valence-corrected chi connectivity index (χ3v) is 4.53. The monoisotopic (exact) mass is 390 g/mol. The summed E-state index contributed by atoms with van der Waals surface area (Å²) in [6.07, 6.45) is 1.84. The number of hydrogen-bond donors (Lipinski definition) is 1. The van der Waals surface area contributed by atoms with Crippen LogP contribution in [0.1, 0.15) is 30.6 Å². The van der Waals surface area contributed by atoms with Crippen LogP contribution in [0.2, 0.25) is 10.0 Å². The number of rotatable bonds is 6. The number of nitrogens with one attached hydrogen (secondary N) is 1. The molecule has 0 spiro atoms. The second-order valence-electron chi connectivity index (χ2n) is 4.85. The molecule has 21 heavy (non-hydrogen) atoms. The highest BCUT2D eigenvalue weighted by Crippen LogP contribution is 2.27. The Labute approximate surface area is 142 Å². The SMILES string of the molecule is CCCNC(Cc1ccc(Cl)c(Cl)c1)c1c(Br)nnn1C. The van der Waals surface area contributed by atoms with Gasteiger partial charge >= 0.3 is 0 Å². The van der Waals surface area contributed by atoms with E-state index in [1.807, 2.05) is 25.2 Å². The highest BCUT2D eigenvalue weighted by atomic mass is 79.9. The van der Waals surface area contributed by atoms with Gasteiger partial charge in [-0.15, -0.1) is 5.10 Å². The van der Waals surface area contributed by atoms with Crippen LogP contribution in [0.3, 0.4) is 0 Å². The summed E-state index contributed by atoms with van der Waals surface area (Å²) in [4.78, 5) is 0. The average Bonchev–Trinajstić information content (AvgIpc) is 2.78. The van der Waals surface area contributed by atoms with E-state index < -0.39 is 0 Å². The molecule has 7 heteroatoms. The molecule has 2 rings (SSSR count). The summed E-state index contributed by atoms with van der Waals surface area (Å²) >= 11 is 15.5. The number of nitrogens with zero attached hydrogens (tertiary/aromatic N) is 3. The molecule has 2 aromatic rings. The Morgan fingerprint density at radius 2 is 2.10 bits per heavy atom. The van der Waals surface area contributed by atoms with E-state index in [4.69, 9.17) is 23.2 Å². The maximum Gasteiger partial charge on any atom is 0.153 e. The number of halogens is 3. The summed E-state index contributed by atoms with van der Waals surface area (Å²) in [5.74, 6) is 0. The minimum atomic E-state index is 0.108. The zero-order valence-electron chi connectivity index (χ0n) is 11.9. The second-order valence-corrected chi connectivity index (χ2v) is 6.41. The lowest BCUT2D eigenvalue weighted by Crippen LogP contribution is -2.26. The standard InChI is InChI=1S/C14H17BrCl2N4/c1-3-6-18-12(13-14(15)19-20-21(13)2)8-9-4-5-10(16)11(17)7-9/h4-5,7,12,18H,3,6,8H2,1-2H3. The smallest absolute Gasteiger partial charge is 0.153 e. The van der Waals surface area contributed by atoms with Crippen LogP contribution in [-0.2, 0) is 13.5 Å². The highest BCUT2D eigenvalue weighted by Gasteiger charge is 2.20. The molecule has 0 saturated carbocycles. The quantitative estimate of drug-likeness (QED) is 0.803. The molecule has 0 saturated heterocycles. The molecule has 1 atom stereocenters. The van der Waals surface area contributed by atoms with Crippen LogP contribution in [-0.4, -0.2) is 21.5 Å². The van der Waals surface area contributed by atoms with Crippen molar-refractivity contribution >= 4 is 39.1 Å². The summed E-state index contributed by atoms with van der Waals surface area (Å²) < 4.78 is 2.55. The predicted octanol–water partition coefficient (Wildman–Crippen LogP) is 4.17. The fourth-order valence-corrected chi connectivity index (χ4v) is 3.12. The van der Waals surface area contributed by atoms with Crippen molar-refractivity contribution in [2.75, 3.05) is 6.54 Å². The summed E-state index contributed by atoms with van der Waals surface area (Å²) in [6.45, 7) is 3.06. The predicted molar refractivity (Wildman–Crippen MR) is 89.9 cm³/mol. The third-order valence-electron chi connectivity index (χ3n) is 3.22. The van der Waals surface area contributed by atoms with Gasteiger partial charge in [0.2, 0.25) is 0 Å². The van der Waals surface area contributed by atoms with Crippen molar-refractivity contribution in [2.45, 2.75) is 25.8 Å². The van der Waals surface area contributed by atoms with Crippen LogP contribution < -0.4 is 5.32 Å². The summed E-state index contributed by atoms with van der Waals surface area (Å²) in [5.41, 5.74) is 2.14.